The van der Waals surface area contributed by atoms with Crippen molar-refractivity contribution in [1.29, 1.82) is 0 Å². The van der Waals surface area contributed by atoms with Gasteiger partial charge in [-0.2, -0.15) is 0 Å². The molecule has 0 unspecified atom stereocenters. The third kappa shape index (κ3) is 3.53. The summed E-state index contributed by atoms with van der Waals surface area (Å²) in [6.07, 6.45) is 0. The number of hydrogen-bond donors (Lipinski definition) is 0. The highest BCUT2D eigenvalue weighted by atomic mass is 35.6. The first-order valence-corrected chi connectivity index (χ1v) is 6.09. The van der Waals surface area contributed by atoms with E-state index in [0.717, 1.165) is 5.75 Å². The zero-order valence-corrected chi connectivity index (χ0v) is 11.0. The summed E-state index contributed by atoms with van der Waals surface area (Å²) < 4.78 is 4.20. The minimum absolute atomic E-state index is 0.580. The van der Waals surface area contributed by atoms with E-state index in [0.29, 0.717) is 11.3 Å². The summed E-state index contributed by atoms with van der Waals surface area (Å²) in [5, 5.41) is 0. The van der Waals surface area contributed by atoms with E-state index in [9.17, 15) is 0 Å². The van der Waals surface area contributed by atoms with Crippen LogP contribution in [-0.2, 0) is 3.79 Å². The second-order valence-electron chi connectivity index (χ2n) is 3.44. The van der Waals surface area contributed by atoms with Crippen LogP contribution in [-0.4, -0.2) is 0 Å². The van der Waals surface area contributed by atoms with Gasteiger partial charge in [-0.25, -0.2) is 0 Å². The molecule has 2 rings (SSSR count). The maximum Gasteiger partial charge on any atom is 0.216 e. The van der Waals surface area contributed by atoms with Gasteiger partial charge in [0.05, 0.1) is 0 Å². The normalized spacial score (nSPS) is 11.2. The van der Waals surface area contributed by atoms with Crippen molar-refractivity contribution in [1.82, 2.24) is 0 Å². The number of rotatable bonds is 2. The topological polar surface area (TPSA) is 9.23 Å². The van der Waals surface area contributed by atoms with Crippen LogP contribution in [0.15, 0.2) is 54.6 Å². The van der Waals surface area contributed by atoms with E-state index in [1.54, 1.807) is 18.2 Å². The first kappa shape index (κ1) is 12.6. The second kappa shape index (κ2) is 5.18. The number of hydrogen-bond acceptors (Lipinski definition) is 1. The fourth-order valence-electron chi connectivity index (χ4n) is 1.36. The molecule has 0 fully saturated rings. The Kier molecular flexibility index (Phi) is 3.82. The monoisotopic (exact) mass is 286 g/mol. The molecule has 0 aromatic heterocycles. The number of halogens is 3. The number of para-hydroxylation sites is 1. The van der Waals surface area contributed by atoms with Crippen molar-refractivity contribution >= 4 is 34.8 Å². The van der Waals surface area contributed by atoms with Crippen molar-refractivity contribution in [2.45, 2.75) is 3.79 Å². The van der Waals surface area contributed by atoms with Gasteiger partial charge in [0.15, 0.2) is 0 Å². The second-order valence-corrected chi connectivity index (χ2v) is 5.72. The minimum atomic E-state index is -1.43. The van der Waals surface area contributed by atoms with Gasteiger partial charge in [0.2, 0.25) is 3.79 Å². The lowest BCUT2D eigenvalue weighted by Gasteiger charge is -2.13. The van der Waals surface area contributed by atoms with E-state index in [-0.39, 0.29) is 0 Å². The highest BCUT2D eigenvalue weighted by Crippen LogP contribution is 2.39. The minimum Gasteiger partial charge on any atom is -0.457 e. The zero-order valence-electron chi connectivity index (χ0n) is 8.74. The van der Waals surface area contributed by atoms with Crippen molar-refractivity contribution in [3.63, 3.8) is 0 Å². The fraction of sp³-hybridized carbons (Fsp3) is 0.0769. The zero-order chi connectivity index (χ0) is 12.3. The Hall–Kier alpha value is -0.890. The Bertz CT molecular complexity index is 492. The molecule has 2 aromatic rings. The van der Waals surface area contributed by atoms with Crippen molar-refractivity contribution in [3.8, 4) is 11.5 Å². The molecular formula is C13H9Cl3O. The molecule has 0 aliphatic rings. The predicted octanol–water partition coefficient (Wildman–Crippen LogP) is 5.31. The Balaban J connectivity index is 2.23. The SMILES string of the molecule is ClC(Cl)(Cl)c1cccc(Oc2ccccc2)c1. The lowest BCUT2D eigenvalue weighted by Crippen LogP contribution is -1.99. The van der Waals surface area contributed by atoms with Crippen LogP contribution in [0.3, 0.4) is 0 Å². The van der Waals surface area contributed by atoms with Gasteiger partial charge in [-0.1, -0.05) is 65.1 Å². The van der Waals surface area contributed by atoms with E-state index < -0.39 is 3.79 Å². The van der Waals surface area contributed by atoms with Crippen molar-refractivity contribution in [3.05, 3.63) is 60.2 Å². The molecule has 0 atom stereocenters. The summed E-state index contributed by atoms with van der Waals surface area (Å²) in [5.41, 5.74) is 0.580. The van der Waals surface area contributed by atoms with Crippen molar-refractivity contribution < 1.29 is 4.74 Å². The molecule has 0 saturated carbocycles. The van der Waals surface area contributed by atoms with Crippen LogP contribution < -0.4 is 4.74 Å². The smallest absolute Gasteiger partial charge is 0.216 e. The van der Waals surface area contributed by atoms with Crippen LogP contribution in [0.4, 0.5) is 0 Å². The van der Waals surface area contributed by atoms with Crippen LogP contribution in [0.2, 0.25) is 0 Å². The quantitative estimate of drug-likeness (QED) is 0.681. The summed E-state index contributed by atoms with van der Waals surface area (Å²) >= 11 is 17.4. The molecular weight excluding hydrogens is 279 g/mol. The number of benzene rings is 2. The molecule has 0 radical (unpaired) electrons. The Morgan fingerprint density at radius 3 is 2.06 bits per heavy atom. The molecule has 0 N–H and O–H groups in total. The van der Waals surface area contributed by atoms with Gasteiger partial charge in [-0.05, 0) is 24.3 Å². The molecule has 1 nitrogen and oxygen atoms in total. The molecule has 17 heavy (non-hydrogen) atoms. The van der Waals surface area contributed by atoms with Gasteiger partial charge in [-0.15, -0.1) is 0 Å². The third-order valence-electron chi connectivity index (χ3n) is 2.14. The summed E-state index contributed by atoms with van der Waals surface area (Å²) in [6, 6.07) is 16.5. The summed E-state index contributed by atoms with van der Waals surface area (Å²) in [6.45, 7) is 0. The Morgan fingerprint density at radius 1 is 0.765 bits per heavy atom. The van der Waals surface area contributed by atoms with Crippen molar-refractivity contribution in [2.24, 2.45) is 0 Å². The highest BCUT2D eigenvalue weighted by Gasteiger charge is 2.22. The maximum atomic E-state index is 5.81. The van der Waals surface area contributed by atoms with E-state index in [1.165, 1.54) is 0 Å². The number of alkyl halides is 3. The summed E-state index contributed by atoms with van der Waals surface area (Å²) in [7, 11) is 0. The number of ether oxygens (including phenoxy) is 1. The molecule has 0 spiro atoms. The van der Waals surface area contributed by atoms with Crippen LogP contribution in [0.25, 0.3) is 0 Å². The standard InChI is InChI=1S/C13H9Cl3O/c14-13(15,16)10-5-4-8-12(9-10)17-11-6-2-1-3-7-11/h1-9H. The largest absolute Gasteiger partial charge is 0.457 e. The first-order chi connectivity index (χ1) is 8.05. The molecule has 0 saturated heterocycles. The fourth-order valence-corrected chi connectivity index (χ4v) is 1.71. The van der Waals surface area contributed by atoms with Crippen LogP contribution in [0.1, 0.15) is 5.56 Å². The third-order valence-corrected chi connectivity index (χ3v) is 2.79. The maximum absolute atomic E-state index is 5.81. The van der Waals surface area contributed by atoms with Crippen LogP contribution in [0, 0.1) is 0 Å². The van der Waals surface area contributed by atoms with Gasteiger partial charge >= 0.3 is 0 Å². The summed E-state index contributed by atoms with van der Waals surface area (Å²) in [4.78, 5) is 0. The van der Waals surface area contributed by atoms with E-state index in [2.05, 4.69) is 0 Å². The predicted molar refractivity (Wildman–Crippen MR) is 72.2 cm³/mol. The molecule has 88 valence electrons. The Labute approximate surface area is 115 Å². The van der Waals surface area contributed by atoms with Gasteiger partial charge in [0.1, 0.15) is 11.5 Å². The van der Waals surface area contributed by atoms with Crippen LogP contribution >= 0.6 is 34.8 Å². The van der Waals surface area contributed by atoms with Crippen molar-refractivity contribution in [2.75, 3.05) is 0 Å². The van der Waals surface area contributed by atoms with Gasteiger partial charge in [0, 0.05) is 5.56 Å². The lowest BCUT2D eigenvalue weighted by atomic mass is 10.2. The molecule has 0 aliphatic carbocycles. The molecule has 0 bridgehead atoms. The molecule has 0 amide bonds. The van der Waals surface area contributed by atoms with Gasteiger partial charge in [0.25, 0.3) is 0 Å². The van der Waals surface area contributed by atoms with Gasteiger partial charge < -0.3 is 4.74 Å². The molecule has 0 heterocycles. The molecule has 2 aromatic carbocycles. The average molecular weight is 288 g/mol. The van der Waals surface area contributed by atoms with E-state index >= 15 is 0 Å². The van der Waals surface area contributed by atoms with E-state index in [4.69, 9.17) is 39.5 Å². The molecule has 0 aliphatic heterocycles. The Morgan fingerprint density at radius 2 is 1.41 bits per heavy atom. The average Bonchev–Trinajstić information content (AvgIpc) is 2.29. The van der Waals surface area contributed by atoms with E-state index in [1.807, 2.05) is 36.4 Å². The summed E-state index contributed by atoms with van der Waals surface area (Å²) in [5.74, 6) is 1.38. The highest BCUT2D eigenvalue weighted by molar-refractivity contribution is 6.66. The molecule has 4 heteroatoms. The van der Waals surface area contributed by atoms with Gasteiger partial charge in [-0.3, -0.25) is 0 Å². The first-order valence-electron chi connectivity index (χ1n) is 4.96. The lowest BCUT2D eigenvalue weighted by molar-refractivity contribution is 0.482. The van der Waals surface area contributed by atoms with Crippen LogP contribution in [0.5, 0.6) is 11.5 Å².